The minimum Gasteiger partial charge on any atom is -0.484 e. The van der Waals surface area contributed by atoms with Crippen LogP contribution in [0.25, 0.3) is 0 Å². The van der Waals surface area contributed by atoms with Crippen LogP contribution in [0.3, 0.4) is 0 Å². The first-order valence-electron chi connectivity index (χ1n) is 8.75. The molecule has 6 heteroatoms. The maximum atomic E-state index is 12.3. The average Bonchev–Trinajstić information content (AvgIpc) is 3.11. The zero-order valence-corrected chi connectivity index (χ0v) is 15.3. The molecule has 0 radical (unpaired) electrons. The molecule has 1 aromatic carbocycles. The second-order valence-electron chi connectivity index (χ2n) is 6.63. The van der Waals surface area contributed by atoms with Crippen molar-refractivity contribution < 1.29 is 9.53 Å². The van der Waals surface area contributed by atoms with E-state index >= 15 is 0 Å². The summed E-state index contributed by atoms with van der Waals surface area (Å²) in [7, 11) is 0. The molecule has 2 aliphatic rings. The predicted molar refractivity (Wildman–Crippen MR) is 97.0 cm³/mol. The number of halogens is 2. The first-order valence-corrected chi connectivity index (χ1v) is 9.50. The van der Waals surface area contributed by atoms with Gasteiger partial charge in [0.1, 0.15) is 5.75 Å². The van der Waals surface area contributed by atoms with E-state index < -0.39 is 0 Å². The maximum Gasteiger partial charge on any atom is 0.258 e. The number of carbonyl (C=O) groups is 1. The van der Waals surface area contributed by atoms with E-state index in [0.29, 0.717) is 21.8 Å². The Morgan fingerprint density at radius 1 is 1.12 bits per heavy atom. The number of nitrogens with one attached hydrogen (secondary N) is 1. The van der Waals surface area contributed by atoms with Crippen LogP contribution in [-0.4, -0.2) is 42.6 Å². The standard InChI is InChI=1S/C18H24Cl2N2O2/c19-14-8-7-13(11-15(14)20)24-12-18(23)21-16-5-1-2-6-17(16)22-9-3-4-10-22/h7-8,11,16-17H,1-6,9-10,12H2,(H,21,23). The fourth-order valence-electron chi connectivity index (χ4n) is 3.75. The molecular weight excluding hydrogens is 347 g/mol. The molecular formula is C18H24Cl2N2O2. The van der Waals surface area contributed by atoms with Gasteiger partial charge in [0.25, 0.3) is 5.91 Å². The molecule has 2 atom stereocenters. The van der Waals surface area contributed by atoms with Crippen LogP contribution in [-0.2, 0) is 4.79 Å². The molecule has 24 heavy (non-hydrogen) atoms. The minimum absolute atomic E-state index is 0.00117. The highest BCUT2D eigenvalue weighted by Crippen LogP contribution is 2.27. The van der Waals surface area contributed by atoms with Crippen molar-refractivity contribution in [2.24, 2.45) is 0 Å². The molecule has 0 bridgehead atoms. The predicted octanol–water partition coefficient (Wildman–Crippen LogP) is 3.90. The molecule has 132 valence electrons. The number of ether oxygens (including phenoxy) is 1. The number of likely N-dealkylation sites (tertiary alicyclic amines) is 1. The van der Waals surface area contributed by atoms with Crippen LogP contribution in [0, 0.1) is 0 Å². The van der Waals surface area contributed by atoms with Crippen molar-refractivity contribution in [1.29, 1.82) is 0 Å². The molecule has 1 aliphatic carbocycles. The second-order valence-corrected chi connectivity index (χ2v) is 7.45. The highest BCUT2D eigenvalue weighted by atomic mass is 35.5. The Morgan fingerprint density at radius 3 is 2.62 bits per heavy atom. The summed E-state index contributed by atoms with van der Waals surface area (Å²) in [6.07, 6.45) is 7.23. The van der Waals surface area contributed by atoms with Crippen LogP contribution in [0.2, 0.25) is 10.0 Å². The third-order valence-electron chi connectivity index (χ3n) is 4.95. The van der Waals surface area contributed by atoms with Crippen LogP contribution in [0.4, 0.5) is 0 Å². The minimum atomic E-state index is -0.0721. The molecule has 1 amide bonds. The Kier molecular flexibility index (Phi) is 6.25. The zero-order valence-electron chi connectivity index (χ0n) is 13.8. The van der Waals surface area contributed by atoms with E-state index in [0.717, 1.165) is 19.5 Å². The Balaban J connectivity index is 1.51. The molecule has 1 N–H and O–H groups in total. The van der Waals surface area contributed by atoms with E-state index in [1.165, 1.54) is 32.1 Å². The van der Waals surface area contributed by atoms with Gasteiger partial charge < -0.3 is 10.1 Å². The van der Waals surface area contributed by atoms with Crippen molar-refractivity contribution in [2.45, 2.75) is 50.6 Å². The van der Waals surface area contributed by atoms with E-state index in [9.17, 15) is 4.79 Å². The summed E-state index contributed by atoms with van der Waals surface area (Å²) in [5.41, 5.74) is 0. The molecule has 2 fully saturated rings. The van der Waals surface area contributed by atoms with Gasteiger partial charge in [0.15, 0.2) is 6.61 Å². The Labute approximate surface area is 153 Å². The van der Waals surface area contributed by atoms with Gasteiger partial charge >= 0.3 is 0 Å². The van der Waals surface area contributed by atoms with Gasteiger partial charge in [0, 0.05) is 18.2 Å². The first-order chi connectivity index (χ1) is 11.6. The molecule has 0 spiro atoms. The van der Waals surface area contributed by atoms with Gasteiger partial charge in [-0.3, -0.25) is 9.69 Å². The van der Waals surface area contributed by atoms with Gasteiger partial charge in [-0.25, -0.2) is 0 Å². The van der Waals surface area contributed by atoms with Gasteiger partial charge in [-0.1, -0.05) is 36.0 Å². The van der Waals surface area contributed by atoms with E-state index in [-0.39, 0.29) is 18.6 Å². The number of rotatable bonds is 5. The van der Waals surface area contributed by atoms with Gasteiger partial charge in [-0.05, 0) is 50.9 Å². The molecule has 3 rings (SSSR count). The van der Waals surface area contributed by atoms with Crippen molar-refractivity contribution in [3.63, 3.8) is 0 Å². The van der Waals surface area contributed by atoms with Crippen molar-refractivity contribution >= 4 is 29.1 Å². The molecule has 1 saturated carbocycles. The van der Waals surface area contributed by atoms with E-state index in [1.807, 2.05) is 0 Å². The lowest BCUT2D eigenvalue weighted by molar-refractivity contribution is -0.124. The molecule has 2 unspecified atom stereocenters. The Bertz CT molecular complexity index is 576. The average molecular weight is 371 g/mol. The smallest absolute Gasteiger partial charge is 0.258 e. The lowest BCUT2D eigenvalue weighted by atomic mass is 9.89. The fraction of sp³-hybridized carbons (Fsp3) is 0.611. The topological polar surface area (TPSA) is 41.6 Å². The SMILES string of the molecule is O=C(COc1ccc(Cl)c(Cl)c1)NC1CCCCC1N1CCCC1. The summed E-state index contributed by atoms with van der Waals surface area (Å²) in [4.78, 5) is 14.8. The molecule has 4 nitrogen and oxygen atoms in total. The fourth-order valence-corrected chi connectivity index (χ4v) is 4.04. The highest BCUT2D eigenvalue weighted by molar-refractivity contribution is 6.42. The van der Waals surface area contributed by atoms with Crippen LogP contribution in [0.5, 0.6) is 5.75 Å². The quantitative estimate of drug-likeness (QED) is 0.854. The third-order valence-corrected chi connectivity index (χ3v) is 5.69. The van der Waals surface area contributed by atoms with E-state index in [1.54, 1.807) is 18.2 Å². The van der Waals surface area contributed by atoms with E-state index in [4.69, 9.17) is 27.9 Å². The number of amides is 1. The molecule has 0 aromatic heterocycles. The van der Waals surface area contributed by atoms with Crippen molar-refractivity contribution in [1.82, 2.24) is 10.2 Å². The summed E-state index contributed by atoms with van der Waals surface area (Å²) in [6.45, 7) is 2.33. The lowest BCUT2D eigenvalue weighted by Gasteiger charge is -2.38. The largest absolute Gasteiger partial charge is 0.484 e. The summed E-state index contributed by atoms with van der Waals surface area (Å²) >= 11 is 11.8. The summed E-state index contributed by atoms with van der Waals surface area (Å²) in [5, 5.41) is 4.08. The summed E-state index contributed by atoms with van der Waals surface area (Å²) in [5.74, 6) is 0.483. The Morgan fingerprint density at radius 2 is 1.88 bits per heavy atom. The van der Waals surface area contributed by atoms with Crippen molar-refractivity contribution in [3.05, 3.63) is 28.2 Å². The molecule has 1 aliphatic heterocycles. The highest BCUT2D eigenvalue weighted by Gasteiger charge is 2.32. The van der Waals surface area contributed by atoms with Gasteiger partial charge in [0.2, 0.25) is 0 Å². The van der Waals surface area contributed by atoms with Crippen LogP contribution >= 0.6 is 23.2 Å². The van der Waals surface area contributed by atoms with Crippen molar-refractivity contribution in [2.75, 3.05) is 19.7 Å². The monoisotopic (exact) mass is 370 g/mol. The van der Waals surface area contributed by atoms with Crippen LogP contribution < -0.4 is 10.1 Å². The Hall–Kier alpha value is -0.970. The number of hydrogen-bond donors (Lipinski definition) is 1. The van der Waals surface area contributed by atoms with Gasteiger partial charge in [-0.2, -0.15) is 0 Å². The third kappa shape index (κ3) is 4.56. The van der Waals surface area contributed by atoms with Crippen LogP contribution in [0.15, 0.2) is 18.2 Å². The number of carbonyl (C=O) groups excluding carboxylic acids is 1. The summed E-state index contributed by atoms with van der Waals surface area (Å²) < 4.78 is 5.54. The van der Waals surface area contributed by atoms with Crippen LogP contribution in [0.1, 0.15) is 38.5 Å². The maximum absolute atomic E-state index is 12.3. The molecule has 1 saturated heterocycles. The lowest BCUT2D eigenvalue weighted by Crippen LogP contribution is -2.53. The van der Waals surface area contributed by atoms with E-state index in [2.05, 4.69) is 10.2 Å². The van der Waals surface area contributed by atoms with Gasteiger partial charge in [-0.15, -0.1) is 0 Å². The summed E-state index contributed by atoms with van der Waals surface area (Å²) in [6, 6.07) is 5.73. The number of nitrogens with zero attached hydrogens (tertiary/aromatic N) is 1. The number of hydrogen-bond acceptors (Lipinski definition) is 3. The zero-order chi connectivity index (χ0) is 16.9. The second kappa shape index (κ2) is 8.41. The number of benzene rings is 1. The first kappa shape index (κ1) is 17.8. The van der Waals surface area contributed by atoms with Crippen molar-refractivity contribution in [3.8, 4) is 5.75 Å². The van der Waals surface area contributed by atoms with Gasteiger partial charge in [0.05, 0.1) is 10.0 Å². The normalized spacial score (nSPS) is 24.8. The molecule has 1 aromatic rings. The molecule has 1 heterocycles.